The lowest BCUT2D eigenvalue weighted by Crippen LogP contribution is -2.66. The molecule has 2 aromatic heterocycles. The van der Waals surface area contributed by atoms with Crippen molar-refractivity contribution in [3.8, 4) is 11.5 Å². The van der Waals surface area contributed by atoms with Crippen LogP contribution in [-0.2, 0) is 88.3 Å². The van der Waals surface area contributed by atoms with Gasteiger partial charge in [-0.05, 0) is 123 Å². The van der Waals surface area contributed by atoms with Gasteiger partial charge in [0.25, 0.3) is 0 Å². The van der Waals surface area contributed by atoms with Gasteiger partial charge >= 0.3 is 0 Å². The van der Waals surface area contributed by atoms with Crippen LogP contribution in [0, 0.1) is 11.3 Å². The Morgan fingerprint density at radius 1 is 0.632 bits per heavy atom. The number of aromatic hydroxyl groups is 2. The van der Waals surface area contributed by atoms with E-state index in [2.05, 4.69) is 57.8 Å². The van der Waals surface area contributed by atoms with E-state index in [1.54, 1.807) is 78.2 Å². The van der Waals surface area contributed by atoms with Crippen LogP contribution in [0.2, 0.25) is 0 Å². The summed E-state index contributed by atoms with van der Waals surface area (Å²) in [6.07, 6.45) is 2.56. The number of hydrogen-bond acceptors (Lipinski definition) is 19. The van der Waals surface area contributed by atoms with Crippen LogP contribution in [0.25, 0.3) is 11.0 Å². The summed E-state index contributed by atoms with van der Waals surface area (Å²) in [6.45, 7) is 14.9. The fraction of sp³-hybridized carbons (Fsp3) is 0.500. The lowest BCUT2D eigenvalue weighted by molar-refractivity contribution is -0.141. The number of aliphatic hydroxyl groups excluding tert-OH is 2. The molecule has 0 saturated carbocycles. The molecule has 3 aromatic carbocycles. The summed E-state index contributed by atoms with van der Waals surface area (Å²) < 4.78 is 0. The maximum atomic E-state index is 14.6. The molecule has 1 saturated heterocycles. The van der Waals surface area contributed by atoms with Crippen molar-refractivity contribution in [1.29, 1.82) is 0 Å². The van der Waals surface area contributed by atoms with E-state index in [-0.39, 0.29) is 68.2 Å². The summed E-state index contributed by atoms with van der Waals surface area (Å²) in [4.78, 5) is 173. The molecule has 0 spiro atoms. The molecular formula is C74H102N14O16S2. The number of benzene rings is 3. The van der Waals surface area contributed by atoms with Crippen LogP contribution in [0.4, 0.5) is 0 Å². The van der Waals surface area contributed by atoms with Gasteiger partial charge in [0, 0.05) is 73.0 Å². The van der Waals surface area contributed by atoms with E-state index in [1.165, 1.54) is 92.5 Å². The smallest absolute Gasteiger partial charge is 0.248 e. The molecule has 0 unspecified atom stereocenters. The number of phenols is 2. The third-order valence-electron chi connectivity index (χ3n) is 18.3. The molecule has 0 radical (unpaired) electrons. The monoisotopic (exact) mass is 1510 g/mol. The Morgan fingerprint density at radius 2 is 1.22 bits per heavy atom. The van der Waals surface area contributed by atoms with Gasteiger partial charge in [-0.25, -0.2) is 4.98 Å². The first kappa shape index (κ1) is 85.1. The number of pyridine rings is 1. The van der Waals surface area contributed by atoms with Crippen molar-refractivity contribution in [3.63, 3.8) is 0 Å². The summed E-state index contributed by atoms with van der Waals surface area (Å²) >= 11 is 2.81. The summed E-state index contributed by atoms with van der Waals surface area (Å²) in [6, 6.07) is 13.4. The number of aliphatic hydroxyl groups is 2. The second-order valence-electron chi connectivity index (χ2n) is 28.5. The minimum atomic E-state index is -2.11. The number of thioether (sulfide) groups is 2. The normalized spacial score (nSPS) is 16.3. The van der Waals surface area contributed by atoms with Crippen molar-refractivity contribution in [2.75, 3.05) is 24.7 Å². The molecule has 3 heterocycles. The topological polar surface area (TPSA) is 478 Å². The number of nitrogens with zero attached hydrogens (tertiary/aromatic N) is 2. The van der Waals surface area contributed by atoms with Crippen molar-refractivity contribution in [2.24, 2.45) is 22.8 Å². The average Bonchev–Trinajstić information content (AvgIpc) is 1.21. The second kappa shape index (κ2) is 39.0. The molecule has 12 amide bonds. The van der Waals surface area contributed by atoms with Crippen molar-refractivity contribution in [3.05, 3.63) is 125 Å². The zero-order valence-corrected chi connectivity index (χ0v) is 63.1. The third kappa shape index (κ3) is 24.7. The number of likely N-dealkylation sites (tertiary alicyclic amines) is 1. The van der Waals surface area contributed by atoms with Gasteiger partial charge in [-0.15, -0.1) is 0 Å². The van der Waals surface area contributed by atoms with Gasteiger partial charge in [0.15, 0.2) is 0 Å². The summed E-state index contributed by atoms with van der Waals surface area (Å²) in [5.74, 6) is -8.26. The van der Waals surface area contributed by atoms with Gasteiger partial charge in [0.2, 0.25) is 70.9 Å². The minimum Gasteiger partial charge on any atom is -0.508 e. The lowest BCUT2D eigenvalue weighted by Gasteiger charge is -2.36. The van der Waals surface area contributed by atoms with Gasteiger partial charge in [-0.3, -0.25) is 57.5 Å². The van der Waals surface area contributed by atoms with Crippen LogP contribution in [0.1, 0.15) is 129 Å². The molecule has 1 aliphatic heterocycles. The van der Waals surface area contributed by atoms with Gasteiger partial charge in [0.05, 0.1) is 19.1 Å². The van der Waals surface area contributed by atoms with E-state index in [4.69, 9.17) is 11.5 Å². The molecule has 18 N–H and O–H groups in total. The number of nitrogens with one attached hydrogen (secondary N) is 10. The van der Waals surface area contributed by atoms with Gasteiger partial charge in [-0.2, -0.15) is 23.5 Å². The number of carbonyl (C=O) groups excluding carboxylic acids is 12. The quantitative estimate of drug-likeness (QED) is 0.0248. The highest BCUT2D eigenvalue weighted by molar-refractivity contribution is 7.98. The number of H-pyrrole nitrogens is 1. The number of aromatic nitrogens is 2. The average molecular weight is 1510 g/mol. The van der Waals surface area contributed by atoms with Crippen LogP contribution in [0.5, 0.6) is 11.5 Å². The summed E-state index contributed by atoms with van der Waals surface area (Å²) in [5.41, 5.74) is 10.8. The molecule has 106 heavy (non-hydrogen) atoms. The minimum absolute atomic E-state index is 0.0217. The molecule has 576 valence electrons. The van der Waals surface area contributed by atoms with E-state index in [1.807, 2.05) is 24.3 Å². The number of amides is 12. The maximum Gasteiger partial charge on any atom is 0.248 e. The van der Waals surface area contributed by atoms with Gasteiger partial charge in [0.1, 0.15) is 76.6 Å². The van der Waals surface area contributed by atoms with Crippen molar-refractivity contribution in [1.82, 2.24) is 62.7 Å². The Kier molecular flexibility index (Phi) is 31.3. The fourth-order valence-electron chi connectivity index (χ4n) is 11.6. The lowest BCUT2D eigenvalue weighted by atomic mass is 9.85. The first-order chi connectivity index (χ1) is 49.9. The largest absolute Gasteiger partial charge is 0.508 e. The Balaban J connectivity index is 1.02. The second-order valence-corrected chi connectivity index (χ2v) is 30.6. The van der Waals surface area contributed by atoms with Gasteiger partial charge < -0.3 is 89.6 Å². The number of phenolic OH excluding ortho intramolecular Hbond substituents is 2. The highest BCUT2D eigenvalue weighted by atomic mass is 32.2. The van der Waals surface area contributed by atoms with E-state index in [9.17, 15) is 78.0 Å². The molecular weight excluding hydrogens is 1410 g/mol. The van der Waals surface area contributed by atoms with E-state index < -0.39 is 148 Å². The molecule has 0 bridgehead atoms. The zero-order chi connectivity index (χ0) is 78.4. The first-order valence-corrected chi connectivity index (χ1v) is 37.4. The molecule has 1 aliphatic rings. The maximum absolute atomic E-state index is 14.6. The van der Waals surface area contributed by atoms with Crippen LogP contribution in [0.3, 0.4) is 0 Å². The van der Waals surface area contributed by atoms with Crippen LogP contribution in [0.15, 0.2) is 97.3 Å². The number of nitrogens with two attached hydrogens (primary N) is 2. The van der Waals surface area contributed by atoms with Crippen LogP contribution >= 0.6 is 23.5 Å². The van der Waals surface area contributed by atoms with Gasteiger partial charge in [-0.1, -0.05) is 90.1 Å². The summed E-state index contributed by atoms with van der Waals surface area (Å²) in [7, 11) is 0. The summed E-state index contributed by atoms with van der Waals surface area (Å²) in [5, 5.41) is 65.1. The number of hydrogen-bond donors (Lipinski definition) is 16. The Morgan fingerprint density at radius 3 is 1.79 bits per heavy atom. The highest BCUT2D eigenvalue weighted by Crippen LogP contribution is 2.26. The predicted molar refractivity (Wildman–Crippen MR) is 400 cm³/mol. The van der Waals surface area contributed by atoms with Crippen LogP contribution < -0.4 is 59.3 Å². The molecule has 32 heteroatoms. The van der Waals surface area contributed by atoms with E-state index in [0.29, 0.717) is 57.8 Å². The first-order valence-electron chi connectivity index (χ1n) is 35.1. The molecule has 11 atom stereocenters. The zero-order valence-electron chi connectivity index (χ0n) is 61.5. The number of aromatic amines is 1. The fourth-order valence-corrected chi connectivity index (χ4v) is 13.5. The number of primary amides is 2. The number of carbonyl (C=O) groups is 12. The number of fused-ring (bicyclic) bond motifs is 1. The Labute approximate surface area is 624 Å². The Bertz CT molecular complexity index is 3930. The van der Waals surface area contributed by atoms with Crippen molar-refractivity contribution >= 4 is 105 Å². The SMILES string of the molecule is CC[C@H](NC(=O)[C@@](C)(NC(=O)[C@H](Cc1ccc(O)cc1)NC(=O)[C@H](C)NC(=O)[C@](C)(CO)NC(=O)[C@H](Cc1c[nH]c2ncccc12)NC(=O)C[C@@H](C)O)C(C)C)C(=O)N[C@H](CSCc1cccc(CSCCC(=O)N[C@H](C(=O)N[C@@H](Cc2ccc(O)cc2)C(=O)N2CCC[C@H]2C(N)=O)C(C)(C)C)c1)C(N)=O. The standard InChI is InChI=1S/C74H102N14O16S2/c1-11-52(65(98)83-56(61(75)95)39-106-38-47-16-12-15-46(32-47)37-105-30-27-58(93)85-60(72(6,7)8)68(101)82-55(34-45-21-25-50(92)26-22-45)69(102)88-29-14-18-57(88)62(76)96)84-71(104)74(10,41(2)3)87-67(100)53(33-44-19-23-49(91)24-20-44)81-64(97)43(5)79-70(103)73(9,40-89)86-66(99)54(80-59(94)31-42(4)90)35-48-36-78-63-51(48)17-13-28-77-63/h12-13,15-17,19-26,28,32,36,41-43,52-57,60,89-92H,11,14,18,27,29-31,33-35,37-40H2,1-10H3,(H2,75,95)(H2,76,96)(H,77,78)(H,79,103)(H,80,94)(H,81,97)(H,82,101)(H,83,98)(H,84,104)(H,85,93)(H,86,99)(H,87,100)/t42-,43+,52+,53+,54+,55+,56-,57+,60-,73+,74+/m1/s1. The molecule has 30 nitrogen and oxygen atoms in total. The molecule has 6 rings (SSSR count). The van der Waals surface area contributed by atoms with E-state index in [0.717, 1.165) is 11.1 Å². The van der Waals surface area contributed by atoms with Crippen molar-refractivity contribution < 1.29 is 78.0 Å². The molecule has 5 aromatic rings. The van der Waals surface area contributed by atoms with Crippen LogP contribution in [-0.4, -0.2) is 196 Å². The van der Waals surface area contributed by atoms with E-state index >= 15 is 0 Å². The highest BCUT2D eigenvalue weighted by Gasteiger charge is 2.44. The molecule has 1 fully saturated rings. The third-order valence-corrected chi connectivity index (χ3v) is 20.5. The predicted octanol–water partition coefficient (Wildman–Crippen LogP) is 1.56. The van der Waals surface area contributed by atoms with Crippen molar-refractivity contribution in [2.45, 2.75) is 198 Å². The molecule has 0 aliphatic carbocycles. The number of rotatable bonds is 39. The Hall–Kier alpha value is -9.79.